The predicted molar refractivity (Wildman–Crippen MR) is 62.1 cm³/mol. The lowest BCUT2D eigenvalue weighted by Gasteiger charge is -2.11. The second-order valence-corrected chi connectivity index (χ2v) is 3.27. The standard InChI is InChI=1S/C10H12ClNO.ClH/c1-2-3-9(12)8-6-7(11)4-5-10(8)13;/h2,4-6,9,13H,1,3,12H2;1H/t9-;/m0./s1. The SMILES string of the molecule is C=CC[C@H](N)c1cc(Cl)ccc1O.Cl. The fourth-order valence-electron chi connectivity index (χ4n) is 1.13. The van der Waals surface area contributed by atoms with E-state index >= 15 is 0 Å². The van der Waals surface area contributed by atoms with Crippen LogP contribution < -0.4 is 5.73 Å². The van der Waals surface area contributed by atoms with Gasteiger partial charge in [-0.2, -0.15) is 0 Å². The average Bonchev–Trinajstić information content (AvgIpc) is 2.09. The first kappa shape index (κ1) is 13.3. The lowest BCUT2D eigenvalue weighted by molar-refractivity contribution is 0.461. The molecule has 0 saturated heterocycles. The van der Waals surface area contributed by atoms with Crippen LogP contribution in [0.2, 0.25) is 5.02 Å². The summed E-state index contributed by atoms with van der Waals surface area (Å²) in [6.07, 6.45) is 2.33. The molecule has 0 aliphatic heterocycles. The third-order valence-electron chi connectivity index (χ3n) is 1.81. The van der Waals surface area contributed by atoms with Crippen molar-refractivity contribution in [1.82, 2.24) is 0 Å². The molecule has 2 nitrogen and oxygen atoms in total. The summed E-state index contributed by atoms with van der Waals surface area (Å²) in [5.74, 6) is 0.179. The Morgan fingerprint density at radius 3 is 2.79 bits per heavy atom. The van der Waals surface area contributed by atoms with Crippen LogP contribution in [0, 0.1) is 0 Å². The van der Waals surface area contributed by atoms with Crippen molar-refractivity contribution < 1.29 is 5.11 Å². The van der Waals surface area contributed by atoms with Crippen molar-refractivity contribution in [2.75, 3.05) is 0 Å². The fraction of sp³-hybridized carbons (Fsp3) is 0.200. The molecule has 0 saturated carbocycles. The molecule has 1 aromatic rings. The first-order valence-corrected chi connectivity index (χ1v) is 4.38. The minimum atomic E-state index is -0.240. The number of aromatic hydroxyl groups is 1. The molecule has 0 aliphatic rings. The van der Waals surface area contributed by atoms with Gasteiger partial charge in [-0.05, 0) is 24.6 Å². The molecular weight excluding hydrogens is 221 g/mol. The van der Waals surface area contributed by atoms with Crippen LogP contribution in [0.25, 0.3) is 0 Å². The molecule has 1 rings (SSSR count). The zero-order valence-corrected chi connectivity index (χ0v) is 9.18. The summed E-state index contributed by atoms with van der Waals surface area (Å²) in [6, 6.07) is 4.60. The molecule has 3 N–H and O–H groups in total. The molecule has 0 bridgehead atoms. The average molecular weight is 234 g/mol. The van der Waals surface area contributed by atoms with Gasteiger partial charge in [0, 0.05) is 16.6 Å². The number of benzene rings is 1. The van der Waals surface area contributed by atoms with Crippen LogP contribution in [0.15, 0.2) is 30.9 Å². The maximum atomic E-state index is 9.46. The molecule has 0 amide bonds. The maximum absolute atomic E-state index is 9.46. The molecular formula is C10H13Cl2NO. The maximum Gasteiger partial charge on any atom is 0.120 e. The van der Waals surface area contributed by atoms with Crippen molar-refractivity contribution in [1.29, 1.82) is 0 Å². The molecule has 0 radical (unpaired) electrons. The second kappa shape index (κ2) is 5.91. The largest absolute Gasteiger partial charge is 0.508 e. The number of rotatable bonds is 3. The predicted octanol–water partition coefficient (Wildman–Crippen LogP) is 3.04. The van der Waals surface area contributed by atoms with Gasteiger partial charge in [-0.25, -0.2) is 0 Å². The minimum Gasteiger partial charge on any atom is -0.508 e. The van der Waals surface area contributed by atoms with Crippen molar-refractivity contribution in [2.24, 2.45) is 5.73 Å². The molecule has 0 fully saturated rings. The Labute approximate surface area is 94.8 Å². The van der Waals surface area contributed by atoms with Crippen molar-refractivity contribution in [3.8, 4) is 5.75 Å². The van der Waals surface area contributed by atoms with Crippen molar-refractivity contribution in [2.45, 2.75) is 12.5 Å². The van der Waals surface area contributed by atoms with Crippen LogP contribution in [0.5, 0.6) is 5.75 Å². The summed E-state index contributed by atoms with van der Waals surface area (Å²) in [5, 5.41) is 10.0. The third kappa shape index (κ3) is 3.22. The summed E-state index contributed by atoms with van der Waals surface area (Å²) >= 11 is 5.77. The summed E-state index contributed by atoms with van der Waals surface area (Å²) in [7, 11) is 0. The van der Waals surface area contributed by atoms with Crippen LogP contribution in [0.3, 0.4) is 0 Å². The van der Waals surface area contributed by atoms with Gasteiger partial charge in [-0.15, -0.1) is 19.0 Å². The van der Waals surface area contributed by atoms with E-state index in [0.29, 0.717) is 17.0 Å². The molecule has 0 heterocycles. The molecule has 0 aliphatic carbocycles. The Morgan fingerprint density at radius 2 is 2.21 bits per heavy atom. The molecule has 0 unspecified atom stereocenters. The van der Waals surface area contributed by atoms with E-state index in [-0.39, 0.29) is 24.2 Å². The van der Waals surface area contributed by atoms with E-state index in [4.69, 9.17) is 17.3 Å². The molecule has 0 aromatic heterocycles. The number of hydrogen-bond acceptors (Lipinski definition) is 2. The summed E-state index contributed by atoms with van der Waals surface area (Å²) < 4.78 is 0. The summed E-state index contributed by atoms with van der Waals surface area (Å²) in [4.78, 5) is 0. The van der Waals surface area contributed by atoms with Gasteiger partial charge in [0.25, 0.3) is 0 Å². The topological polar surface area (TPSA) is 46.2 Å². The molecule has 4 heteroatoms. The Morgan fingerprint density at radius 1 is 1.57 bits per heavy atom. The van der Waals surface area contributed by atoms with Crippen molar-refractivity contribution in [3.05, 3.63) is 41.4 Å². The number of halogens is 2. The van der Waals surface area contributed by atoms with E-state index in [1.54, 1.807) is 24.3 Å². The lowest BCUT2D eigenvalue weighted by Crippen LogP contribution is -2.09. The number of hydrogen-bond donors (Lipinski definition) is 2. The minimum absolute atomic E-state index is 0. The summed E-state index contributed by atoms with van der Waals surface area (Å²) in [6.45, 7) is 3.58. The van der Waals surface area contributed by atoms with Crippen LogP contribution >= 0.6 is 24.0 Å². The van der Waals surface area contributed by atoms with Gasteiger partial charge >= 0.3 is 0 Å². The highest BCUT2D eigenvalue weighted by atomic mass is 35.5. The first-order chi connectivity index (χ1) is 6.15. The van der Waals surface area contributed by atoms with E-state index in [2.05, 4.69) is 6.58 Å². The highest BCUT2D eigenvalue weighted by Crippen LogP contribution is 2.27. The zero-order valence-electron chi connectivity index (χ0n) is 7.61. The van der Waals surface area contributed by atoms with Crippen molar-refractivity contribution >= 4 is 24.0 Å². The molecule has 14 heavy (non-hydrogen) atoms. The van der Waals surface area contributed by atoms with Gasteiger partial charge in [0.15, 0.2) is 0 Å². The van der Waals surface area contributed by atoms with Gasteiger partial charge < -0.3 is 10.8 Å². The highest BCUT2D eigenvalue weighted by molar-refractivity contribution is 6.30. The van der Waals surface area contributed by atoms with Gasteiger partial charge in [-0.1, -0.05) is 17.7 Å². The monoisotopic (exact) mass is 233 g/mol. The van der Waals surface area contributed by atoms with E-state index in [1.807, 2.05) is 0 Å². The van der Waals surface area contributed by atoms with E-state index in [9.17, 15) is 5.11 Å². The highest BCUT2D eigenvalue weighted by Gasteiger charge is 2.09. The van der Waals surface area contributed by atoms with Gasteiger partial charge in [0.2, 0.25) is 0 Å². The Bertz CT molecular complexity index is 315. The van der Waals surface area contributed by atoms with Crippen LogP contribution in [0.1, 0.15) is 18.0 Å². The molecule has 0 spiro atoms. The normalized spacial score (nSPS) is 11.6. The number of nitrogens with two attached hydrogens (primary N) is 1. The van der Waals surface area contributed by atoms with Crippen LogP contribution in [-0.2, 0) is 0 Å². The fourth-order valence-corrected chi connectivity index (χ4v) is 1.31. The van der Waals surface area contributed by atoms with E-state index < -0.39 is 0 Å². The second-order valence-electron chi connectivity index (χ2n) is 2.83. The third-order valence-corrected chi connectivity index (χ3v) is 2.04. The van der Waals surface area contributed by atoms with Crippen molar-refractivity contribution in [3.63, 3.8) is 0 Å². The Balaban J connectivity index is 0.00000169. The van der Waals surface area contributed by atoms with Gasteiger partial charge in [0.1, 0.15) is 5.75 Å². The van der Waals surface area contributed by atoms with Gasteiger partial charge in [-0.3, -0.25) is 0 Å². The summed E-state index contributed by atoms with van der Waals surface area (Å²) in [5.41, 5.74) is 6.44. The van der Waals surface area contributed by atoms with Crippen LogP contribution in [0.4, 0.5) is 0 Å². The Kier molecular flexibility index (Phi) is 5.62. The molecule has 78 valence electrons. The van der Waals surface area contributed by atoms with Gasteiger partial charge in [0.05, 0.1) is 0 Å². The number of phenols is 1. The smallest absolute Gasteiger partial charge is 0.120 e. The van der Waals surface area contributed by atoms with E-state index in [1.165, 1.54) is 0 Å². The zero-order chi connectivity index (χ0) is 9.84. The Hall–Kier alpha value is -0.700. The van der Waals surface area contributed by atoms with E-state index in [0.717, 1.165) is 0 Å². The molecule has 1 atom stereocenters. The van der Waals surface area contributed by atoms with Crippen LogP contribution in [-0.4, -0.2) is 5.11 Å². The first-order valence-electron chi connectivity index (χ1n) is 4.00. The number of phenolic OH excluding ortho intramolecular Hbond substituents is 1. The lowest BCUT2D eigenvalue weighted by atomic mass is 10.0. The molecule has 1 aromatic carbocycles. The quantitative estimate of drug-likeness (QED) is 0.789.